The molecular weight excluding hydrogens is 162 g/mol. The van der Waals surface area contributed by atoms with Gasteiger partial charge in [-0.2, -0.15) is 0 Å². The SMILES string of the molecule is C=C1CCN(C2CCOCC2)CC1. The summed E-state index contributed by atoms with van der Waals surface area (Å²) in [6.45, 7) is 8.41. The van der Waals surface area contributed by atoms with Crippen molar-refractivity contribution in [3.05, 3.63) is 12.2 Å². The second kappa shape index (κ2) is 4.25. The Morgan fingerprint density at radius 1 is 1.15 bits per heavy atom. The van der Waals surface area contributed by atoms with Gasteiger partial charge in [0.25, 0.3) is 0 Å². The van der Waals surface area contributed by atoms with Crippen molar-refractivity contribution in [2.24, 2.45) is 0 Å². The van der Waals surface area contributed by atoms with Crippen molar-refractivity contribution in [1.29, 1.82) is 0 Å². The first-order valence-electron chi connectivity index (χ1n) is 5.35. The highest BCUT2D eigenvalue weighted by atomic mass is 16.5. The molecule has 0 radical (unpaired) electrons. The molecule has 74 valence electrons. The fourth-order valence-corrected chi connectivity index (χ4v) is 2.26. The minimum Gasteiger partial charge on any atom is -0.381 e. The minimum atomic E-state index is 0.793. The summed E-state index contributed by atoms with van der Waals surface area (Å²) in [6, 6.07) is 0.793. The summed E-state index contributed by atoms with van der Waals surface area (Å²) in [5, 5.41) is 0. The normalized spacial score (nSPS) is 27.8. The molecule has 0 spiro atoms. The van der Waals surface area contributed by atoms with Crippen molar-refractivity contribution in [3.63, 3.8) is 0 Å². The van der Waals surface area contributed by atoms with Crippen LogP contribution in [-0.4, -0.2) is 37.2 Å². The number of hydrogen-bond donors (Lipinski definition) is 0. The Kier molecular flexibility index (Phi) is 3.01. The summed E-state index contributed by atoms with van der Waals surface area (Å²) in [7, 11) is 0. The second-order valence-electron chi connectivity index (χ2n) is 4.13. The monoisotopic (exact) mass is 181 g/mol. The minimum absolute atomic E-state index is 0.793. The molecule has 2 aliphatic heterocycles. The maximum atomic E-state index is 5.37. The second-order valence-corrected chi connectivity index (χ2v) is 4.13. The van der Waals surface area contributed by atoms with Crippen molar-refractivity contribution in [2.45, 2.75) is 31.7 Å². The average Bonchev–Trinajstić information content (AvgIpc) is 2.20. The van der Waals surface area contributed by atoms with Crippen molar-refractivity contribution >= 4 is 0 Å². The van der Waals surface area contributed by atoms with E-state index in [1.165, 1.54) is 44.3 Å². The van der Waals surface area contributed by atoms with Crippen LogP contribution in [0.15, 0.2) is 12.2 Å². The Labute approximate surface area is 80.6 Å². The van der Waals surface area contributed by atoms with E-state index in [1.54, 1.807) is 0 Å². The molecule has 2 heterocycles. The Hall–Kier alpha value is -0.340. The van der Waals surface area contributed by atoms with Gasteiger partial charge in [-0.3, -0.25) is 4.90 Å². The lowest BCUT2D eigenvalue weighted by molar-refractivity contribution is 0.0313. The van der Waals surface area contributed by atoms with Crippen molar-refractivity contribution < 1.29 is 4.74 Å². The smallest absolute Gasteiger partial charge is 0.0480 e. The molecule has 0 aliphatic carbocycles. The Morgan fingerprint density at radius 2 is 1.77 bits per heavy atom. The van der Waals surface area contributed by atoms with Gasteiger partial charge in [0.2, 0.25) is 0 Å². The van der Waals surface area contributed by atoms with Gasteiger partial charge in [-0.05, 0) is 25.7 Å². The Morgan fingerprint density at radius 3 is 2.38 bits per heavy atom. The predicted octanol–water partition coefficient (Wildman–Crippen LogP) is 1.82. The van der Waals surface area contributed by atoms with Gasteiger partial charge < -0.3 is 4.74 Å². The zero-order valence-electron chi connectivity index (χ0n) is 8.30. The highest BCUT2D eigenvalue weighted by molar-refractivity contribution is 4.99. The van der Waals surface area contributed by atoms with Gasteiger partial charge in [0, 0.05) is 32.3 Å². The van der Waals surface area contributed by atoms with E-state index in [1.807, 2.05) is 0 Å². The van der Waals surface area contributed by atoms with Crippen LogP contribution in [0.2, 0.25) is 0 Å². The number of ether oxygens (including phenoxy) is 1. The van der Waals surface area contributed by atoms with Crippen LogP contribution in [0.3, 0.4) is 0 Å². The van der Waals surface area contributed by atoms with Crippen LogP contribution >= 0.6 is 0 Å². The number of rotatable bonds is 1. The summed E-state index contributed by atoms with van der Waals surface area (Å²) >= 11 is 0. The topological polar surface area (TPSA) is 12.5 Å². The predicted molar refractivity (Wildman–Crippen MR) is 53.8 cm³/mol. The molecule has 2 rings (SSSR count). The Bertz CT molecular complexity index is 175. The van der Waals surface area contributed by atoms with Gasteiger partial charge in [0.05, 0.1) is 0 Å². The van der Waals surface area contributed by atoms with Crippen LogP contribution in [0, 0.1) is 0 Å². The summed E-state index contributed by atoms with van der Waals surface area (Å²) < 4.78 is 5.37. The number of hydrogen-bond acceptors (Lipinski definition) is 2. The zero-order valence-corrected chi connectivity index (χ0v) is 8.30. The van der Waals surface area contributed by atoms with Gasteiger partial charge in [-0.25, -0.2) is 0 Å². The first kappa shape index (κ1) is 9.22. The summed E-state index contributed by atoms with van der Waals surface area (Å²) in [6.07, 6.45) is 4.87. The van der Waals surface area contributed by atoms with E-state index in [-0.39, 0.29) is 0 Å². The van der Waals surface area contributed by atoms with Gasteiger partial charge >= 0.3 is 0 Å². The van der Waals surface area contributed by atoms with E-state index in [0.717, 1.165) is 19.3 Å². The standard InChI is InChI=1S/C11H19NO/c1-10-2-6-12(7-3-10)11-4-8-13-9-5-11/h11H,1-9H2. The highest BCUT2D eigenvalue weighted by Gasteiger charge is 2.23. The van der Waals surface area contributed by atoms with Crippen LogP contribution in [0.1, 0.15) is 25.7 Å². The molecule has 0 aromatic carbocycles. The molecule has 0 atom stereocenters. The number of likely N-dealkylation sites (tertiary alicyclic amines) is 1. The fraction of sp³-hybridized carbons (Fsp3) is 0.818. The first-order valence-corrected chi connectivity index (χ1v) is 5.35. The molecule has 0 saturated carbocycles. The van der Waals surface area contributed by atoms with E-state index in [2.05, 4.69) is 11.5 Å². The quantitative estimate of drug-likeness (QED) is 0.572. The molecule has 2 nitrogen and oxygen atoms in total. The molecule has 0 N–H and O–H groups in total. The zero-order chi connectivity index (χ0) is 9.10. The van der Waals surface area contributed by atoms with Gasteiger partial charge in [-0.1, -0.05) is 12.2 Å². The molecule has 0 amide bonds. The molecule has 2 heteroatoms. The van der Waals surface area contributed by atoms with E-state index in [0.29, 0.717) is 0 Å². The Balaban J connectivity index is 1.82. The van der Waals surface area contributed by atoms with Gasteiger partial charge in [-0.15, -0.1) is 0 Å². The maximum Gasteiger partial charge on any atom is 0.0480 e. The first-order chi connectivity index (χ1) is 6.36. The molecule has 2 fully saturated rings. The average molecular weight is 181 g/mol. The summed E-state index contributed by atoms with van der Waals surface area (Å²) in [4.78, 5) is 2.62. The highest BCUT2D eigenvalue weighted by Crippen LogP contribution is 2.21. The largest absolute Gasteiger partial charge is 0.381 e. The molecule has 0 bridgehead atoms. The lowest BCUT2D eigenvalue weighted by Gasteiger charge is -2.37. The van der Waals surface area contributed by atoms with Crippen LogP contribution in [0.4, 0.5) is 0 Å². The third-order valence-corrected chi connectivity index (χ3v) is 3.21. The summed E-state index contributed by atoms with van der Waals surface area (Å²) in [5.74, 6) is 0. The number of piperidine rings is 1. The molecule has 2 saturated heterocycles. The van der Waals surface area contributed by atoms with E-state index >= 15 is 0 Å². The molecule has 2 aliphatic rings. The number of nitrogens with zero attached hydrogens (tertiary/aromatic N) is 1. The lowest BCUT2D eigenvalue weighted by Crippen LogP contribution is -2.42. The third-order valence-electron chi connectivity index (χ3n) is 3.21. The van der Waals surface area contributed by atoms with Crippen LogP contribution < -0.4 is 0 Å². The van der Waals surface area contributed by atoms with Gasteiger partial charge in [0.15, 0.2) is 0 Å². The van der Waals surface area contributed by atoms with E-state index < -0.39 is 0 Å². The summed E-state index contributed by atoms with van der Waals surface area (Å²) in [5.41, 5.74) is 1.43. The van der Waals surface area contributed by atoms with E-state index in [9.17, 15) is 0 Å². The van der Waals surface area contributed by atoms with Crippen LogP contribution in [0.5, 0.6) is 0 Å². The maximum absolute atomic E-state index is 5.37. The third kappa shape index (κ3) is 2.32. The lowest BCUT2D eigenvalue weighted by atomic mass is 10.0. The van der Waals surface area contributed by atoms with Crippen LogP contribution in [0.25, 0.3) is 0 Å². The fourth-order valence-electron chi connectivity index (χ4n) is 2.26. The van der Waals surface area contributed by atoms with E-state index in [4.69, 9.17) is 4.74 Å². The van der Waals surface area contributed by atoms with Crippen molar-refractivity contribution in [2.75, 3.05) is 26.3 Å². The molecular formula is C11H19NO. The molecule has 0 unspecified atom stereocenters. The van der Waals surface area contributed by atoms with Gasteiger partial charge in [0.1, 0.15) is 0 Å². The molecule has 13 heavy (non-hydrogen) atoms. The molecule has 0 aromatic heterocycles. The van der Waals surface area contributed by atoms with Crippen LogP contribution in [-0.2, 0) is 4.74 Å². The van der Waals surface area contributed by atoms with Crippen molar-refractivity contribution in [1.82, 2.24) is 4.90 Å². The van der Waals surface area contributed by atoms with Crippen molar-refractivity contribution in [3.8, 4) is 0 Å². The molecule has 0 aromatic rings.